The Morgan fingerprint density at radius 2 is 1.96 bits per heavy atom. The van der Waals surface area contributed by atoms with E-state index in [1.807, 2.05) is 0 Å². The highest BCUT2D eigenvalue weighted by molar-refractivity contribution is 9.10. The summed E-state index contributed by atoms with van der Waals surface area (Å²) in [7, 11) is 0. The molecule has 1 aromatic rings. The first-order valence-electron chi connectivity index (χ1n) is 9.02. The number of aryl methyl sites for hydroxylation is 2. The van der Waals surface area contributed by atoms with Gasteiger partial charge in [0.25, 0.3) is 0 Å². The molecule has 1 amide bonds. The summed E-state index contributed by atoms with van der Waals surface area (Å²) in [6, 6.07) is 6.32. The Balaban J connectivity index is 1.63. The van der Waals surface area contributed by atoms with E-state index in [1.54, 1.807) is 0 Å². The fourth-order valence-electron chi connectivity index (χ4n) is 5.86. The molecule has 0 spiro atoms. The number of amides is 1. The lowest BCUT2D eigenvalue weighted by Crippen LogP contribution is -2.57. The van der Waals surface area contributed by atoms with Gasteiger partial charge in [-0.05, 0) is 74.8 Å². The van der Waals surface area contributed by atoms with E-state index in [4.69, 9.17) is 0 Å². The van der Waals surface area contributed by atoms with Crippen LogP contribution in [0, 0.1) is 24.2 Å². The highest BCUT2D eigenvalue weighted by atomic mass is 79.9. The molecule has 4 saturated carbocycles. The van der Waals surface area contributed by atoms with Gasteiger partial charge in [0.05, 0.1) is 5.41 Å². The molecule has 2 nitrogen and oxygen atoms in total. The van der Waals surface area contributed by atoms with Crippen molar-refractivity contribution in [3.8, 4) is 0 Å². The van der Waals surface area contributed by atoms with Crippen LogP contribution in [0.15, 0.2) is 18.2 Å². The second kappa shape index (κ2) is 5.34. The standard InChI is InChI=1S/C20H26BrNO/c1-3-16-6-4-5-13(2)17(16)22-18(23)19-8-14-7-15(9-19)11-20(21,10-14)12-19/h4-6,14-15H,3,7-12H2,1-2H3,(H,22,23). The van der Waals surface area contributed by atoms with Crippen molar-refractivity contribution in [1.82, 2.24) is 0 Å². The maximum atomic E-state index is 13.3. The topological polar surface area (TPSA) is 29.1 Å². The number of nitrogens with one attached hydrogen (secondary N) is 1. The van der Waals surface area contributed by atoms with Crippen molar-refractivity contribution in [1.29, 1.82) is 0 Å². The Morgan fingerprint density at radius 1 is 1.26 bits per heavy atom. The minimum absolute atomic E-state index is 0.138. The lowest BCUT2D eigenvalue weighted by molar-refractivity contribution is -0.138. The second-order valence-electron chi connectivity index (χ2n) is 8.31. The Morgan fingerprint density at radius 3 is 2.57 bits per heavy atom. The van der Waals surface area contributed by atoms with Gasteiger partial charge in [-0.25, -0.2) is 0 Å². The van der Waals surface area contributed by atoms with Crippen LogP contribution in [0.25, 0.3) is 0 Å². The predicted octanol–water partition coefficient (Wildman–Crippen LogP) is 5.23. The largest absolute Gasteiger partial charge is 0.325 e. The maximum Gasteiger partial charge on any atom is 0.230 e. The first-order valence-corrected chi connectivity index (χ1v) is 9.81. The van der Waals surface area contributed by atoms with Crippen molar-refractivity contribution in [3.63, 3.8) is 0 Å². The monoisotopic (exact) mass is 375 g/mol. The quantitative estimate of drug-likeness (QED) is 0.719. The van der Waals surface area contributed by atoms with E-state index < -0.39 is 0 Å². The van der Waals surface area contributed by atoms with Gasteiger partial charge >= 0.3 is 0 Å². The smallest absolute Gasteiger partial charge is 0.230 e. The Bertz CT molecular complexity index is 639. The van der Waals surface area contributed by atoms with Crippen LogP contribution in [0.5, 0.6) is 0 Å². The fraction of sp³-hybridized carbons (Fsp3) is 0.650. The van der Waals surface area contributed by atoms with Gasteiger partial charge < -0.3 is 5.32 Å². The number of halogens is 1. The van der Waals surface area contributed by atoms with Gasteiger partial charge in [-0.2, -0.15) is 0 Å². The number of hydrogen-bond donors (Lipinski definition) is 1. The molecule has 0 saturated heterocycles. The lowest BCUT2D eigenvalue weighted by Gasteiger charge is -2.59. The molecule has 0 radical (unpaired) electrons. The molecule has 0 aliphatic heterocycles. The summed E-state index contributed by atoms with van der Waals surface area (Å²) in [6.07, 6.45) is 8.04. The van der Waals surface area contributed by atoms with Gasteiger partial charge in [0, 0.05) is 10.0 Å². The van der Waals surface area contributed by atoms with E-state index >= 15 is 0 Å². The lowest BCUT2D eigenvalue weighted by atomic mass is 9.49. The zero-order valence-electron chi connectivity index (χ0n) is 14.1. The van der Waals surface area contributed by atoms with Crippen LogP contribution in [0.2, 0.25) is 0 Å². The van der Waals surface area contributed by atoms with Crippen molar-refractivity contribution in [2.24, 2.45) is 17.3 Å². The van der Waals surface area contributed by atoms with Crippen molar-refractivity contribution in [3.05, 3.63) is 29.3 Å². The molecule has 2 unspecified atom stereocenters. The normalized spacial score (nSPS) is 37.9. The van der Waals surface area contributed by atoms with Crippen LogP contribution in [-0.2, 0) is 11.2 Å². The third-order valence-corrected chi connectivity index (χ3v) is 7.38. The molecule has 4 bridgehead atoms. The van der Waals surface area contributed by atoms with E-state index in [0.29, 0.717) is 0 Å². The number of anilines is 1. The molecule has 4 aliphatic rings. The molecule has 4 fully saturated rings. The molecule has 23 heavy (non-hydrogen) atoms. The molecule has 1 aromatic carbocycles. The first kappa shape index (κ1) is 15.7. The van der Waals surface area contributed by atoms with Gasteiger partial charge in [0.2, 0.25) is 5.91 Å². The summed E-state index contributed by atoms with van der Waals surface area (Å²) in [4.78, 5) is 13.3. The summed E-state index contributed by atoms with van der Waals surface area (Å²) in [5, 5.41) is 3.34. The maximum absolute atomic E-state index is 13.3. The minimum Gasteiger partial charge on any atom is -0.325 e. The van der Waals surface area contributed by atoms with Crippen molar-refractivity contribution in [2.45, 2.75) is 63.1 Å². The summed E-state index contributed by atoms with van der Waals surface area (Å²) in [5.74, 6) is 1.76. The second-order valence-corrected chi connectivity index (χ2v) is 9.99. The fourth-order valence-corrected chi connectivity index (χ4v) is 7.32. The summed E-state index contributed by atoms with van der Waals surface area (Å²) in [6.45, 7) is 4.25. The Kier molecular flexibility index (Phi) is 3.64. The number of carbonyl (C=O) groups excluding carboxylic acids is 1. The van der Waals surface area contributed by atoms with Crippen LogP contribution in [-0.4, -0.2) is 10.2 Å². The van der Waals surface area contributed by atoms with Crippen LogP contribution < -0.4 is 5.32 Å². The molecule has 3 heteroatoms. The predicted molar refractivity (Wildman–Crippen MR) is 98.0 cm³/mol. The number of carbonyl (C=O) groups is 1. The average Bonchev–Trinajstić information content (AvgIpc) is 2.46. The molecule has 5 rings (SSSR count). The van der Waals surface area contributed by atoms with Gasteiger partial charge in [0.15, 0.2) is 0 Å². The summed E-state index contributed by atoms with van der Waals surface area (Å²) < 4.78 is 0.230. The Labute approximate surface area is 147 Å². The summed E-state index contributed by atoms with van der Waals surface area (Å²) >= 11 is 4.01. The van der Waals surface area contributed by atoms with Crippen LogP contribution in [0.1, 0.15) is 56.6 Å². The molecule has 4 aliphatic carbocycles. The molecular formula is C20H26BrNO. The van der Waals surface area contributed by atoms with Crippen LogP contribution in [0.3, 0.4) is 0 Å². The van der Waals surface area contributed by atoms with Gasteiger partial charge in [-0.1, -0.05) is 41.1 Å². The summed E-state index contributed by atoms with van der Waals surface area (Å²) in [5.41, 5.74) is 3.34. The van der Waals surface area contributed by atoms with E-state index in [-0.39, 0.29) is 15.6 Å². The highest BCUT2D eigenvalue weighted by Gasteiger charge is 2.59. The number of para-hydroxylation sites is 1. The van der Waals surface area contributed by atoms with E-state index in [2.05, 4.69) is 53.3 Å². The molecule has 0 aromatic heterocycles. The van der Waals surface area contributed by atoms with Crippen molar-refractivity contribution < 1.29 is 4.79 Å². The number of hydrogen-bond acceptors (Lipinski definition) is 1. The number of benzene rings is 1. The van der Waals surface area contributed by atoms with Crippen molar-refractivity contribution in [2.75, 3.05) is 5.32 Å². The number of alkyl halides is 1. The molecule has 2 atom stereocenters. The molecule has 1 N–H and O–H groups in total. The molecule has 0 heterocycles. The highest BCUT2D eigenvalue weighted by Crippen LogP contribution is 2.64. The average molecular weight is 376 g/mol. The zero-order valence-corrected chi connectivity index (χ0v) is 15.7. The van der Waals surface area contributed by atoms with Gasteiger partial charge in [-0.15, -0.1) is 0 Å². The van der Waals surface area contributed by atoms with Crippen LogP contribution >= 0.6 is 15.9 Å². The zero-order chi connectivity index (χ0) is 16.2. The molecule has 124 valence electrons. The van der Waals surface area contributed by atoms with Gasteiger partial charge in [-0.3, -0.25) is 4.79 Å². The molecular weight excluding hydrogens is 350 g/mol. The van der Waals surface area contributed by atoms with Crippen molar-refractivity contribution >= 4 is 27.5 Å². The van der Waals surface area contributed by atoms with Gasteiger partial charge in [0.1, 0.15) is 0 Å². The number of rotatable bonds is 3. The first-order chi connectivity index (χ1) is 10.9. The third-order valence-electron chi connectivity index (χ3n) is 6.45. The minimum atomic E-state index is -0.138. The Hall–Kier alpha value is -0.830. The van der Waals surface area contributed by atoms with Crippen LogP contribution in [0.4, 0.5) is 5.69 Å². The van der Waals surface area contributed by atoms with E-state index in [9.17, 15) is 4.79 Å². The van der Waals surface area contributed by atoms with E-state index in [1.165, 1.54) is 30.4 Å². The SMILES string of the molecule is CCc1cccc(C)c1NC(=O)C12CC3CC(CC(Br)(C3)C1)C2. The van der Waals surface area contributed by atoms with E-state index in [0.717, 1.165) is 43.2 Å². The third kappa shape index (κ3) is 2.56.